The highest BCUT2D eigenvalue weighted by atomic mass is 15.2. The largest absolute Gasteiger partial charge is 0.310 e. The summed E-state index contributed by atoms with van der Waals surface area (Å²) in [6, 6.07) is 103. The van der Waals surface area contributed by atoms with E-state index in [2.05, 4.69) is 298 Å². The Labute approximate surface area is 439 Å². The van der Waals surface area contributed by atoms with Crippen LogP contribution in [0.5, 0.6) is 0 Å². The summed E-state index contributed by atoms with van der Waals surface area (Å²) in [6.07, 6.45) is 0. The van der Waals surface area contributed by atoms with Gasteiger partial charge in [0.05, 0.1) is 33.4 Å². The van der Waals surface area contributed by atoms with Gasteiger partial charge in [0, 0.05) is 66.4 Å². The second-order valence-electron chi connectivity index (χ2n) is 20.1. The third-order valence-electron chi connectivity index (χ3n) is 15.9. The number of anilines is 6. The number of hydrogen-bond acceptors (Lipinski definition) is 2. The van der Waals surface area contributed by atoms with Crippen molar-refractivity contribution in [2.24, 2.45) is 0 Å². The van der Waals surface area contributed by atoms with E-state index in [1.165, 1.54) is 86.7 Å². The molecule has 0 aliphatic carbocycles. The van der Waals surface area contributed by atoms with E-state index in [0.717, 1.165) is 56.6 Å². The van der Waals surface area contributed by atoms with E-state index in [1.807, 2.05) is 0 Å². The normalized spacial score (nSPS) is 11.9. The van der Waals surface area contributed by atoms with Crippen LogP contribution >= 0.6 is 0 Å². The lowest BCUT2D eigenvalue weighted by atomic mass is 9.98. The molecule has 16 rings (SSSR count). The van der Waals surface area contributed by atoms with E-state index >= 15 is 0 Å². The fourth-order valence-corrected chi connectivity index (χ4v) is 12.6. The van der Waals surface area contributed by atoms with E-state index in [4.69, 9.17) is 0 Å². The molecule has 0 saturated heterocycles. The lowest BCUT2D eigenvalue weighted by Crippen LogP contribution is -2.11. The Bertz CT molecular complexity index is 4580. The molecular formula is C72H46N4. The van der Waals surface area contributed by atoms with Crippen LogP contribution in [0, 0.1) is 0 Å². The molecule has 16 aromatic rings. The van der Waals surface area contributed by atoms with Crippen molar-refractivity contribution in [3.63, 3.8) is 0 Å². The molecule has 0 unspecified atom stereocenters. The minimum Gasteiger partial charge on any atom is -0.310 e. The summed E-state index contributed by atoms with van der Waals surface area (Å²) < 4.78 is 4.85. The lowest BCUT2D eigenvalue weighted by molar-refractivity contribution is 1.18. The van der Waals surface area contributed by atoms with E-state index in [0.29, 0.717) is 0 Å². The van der Waals surface area contributed by atoms with Gasteiger partial charge < -0.3 is 18.9 Å². The van der Waals surface area contributed by atoms with Gasteiger partial charge in [0.15, 0.2) is 0 Å². The predicted octanol–water partition coefficient (Wildman–Crippen LogP) is 20.0. The molecule has 2 heterocycles. The minimum absolute atomic E-state index is 1.08. The molecule has 0 atom stereocenters. The molecule has 0 spiro atoms. The second-order valence-corrected chi connectivity index (χ2v) is 20.1. The Hall–Kier alpha value is -10.2. The lowest BCUT2D eigenvalue weighted by Gasteiger charge is -2.29. The highest BCUT2D eigenvalue weighted by Gasteiger charge is 2.25. The molecule has 0 saturated carbocycles. The summed E-state index contributed by atoms with van der Waals surface area (Å²) in [4.78, 5) is 4.93. The van der Waals surface area contributed by atoms with Crippen LogP contribution in [0.4, 0.5) is 34.1 Å². The third-order valence-corrected chi connectivity index (χ3v) is 15.9. The van der Waals surface area contributed by atoms with Crippen LogP contribution in [0.15, 0.2) is 279 Å². The van der Waals surface area contributed by atoms with Gasteiger partial charge in [-0.05, 0) is 153 Å². The summed E-state index contributed by atoms with van der Waals surface area (Å²) in [5.41, 5.74) is 16.0. The topological polar surface area (TPSA) is 16.3 Å². The smallest absolute Gasteiger partial charge is 0.0548 e. The first-order valence-corrected chi connectivity index (χ1v) is 26.2. The molecule has 0 aliphatic rings. The van der Waals surface area contributed by atoms with Crippen molar-refractivity contribution in [3.05, 3.63) is 279 Å². The number of para-hydroxylation sites is 2. The summed E-state index contributed by atoms with van der Waals surface area (Å²) in [5.74, 6) is 0. The quantitative estimate of drug-likeness (QED) is 0.134. The van der Waals surface area contributed by atoms with Crippen LogP contribution in [0.1, 0.15) is 0 Å². The molecule has 76 heavy (non-hydrogen) atoms. The summed E-state index contributed by atoms with van der Waals surface area (Å²) in [6.45, 7) is 0. The van der Waals surface area contributed by atoms with Crippen molar-refractivity contribution in [3.8, 4) is 22.5 Å². The number of aromatic nitrogens is 2. The predicted molar refractivity (Wildman–Crippen MR) is 322 cm³/mol. The molecule has 0 N–H and O–H groups in total. The van der Waals surface area contributed by atoms with Gasteiger partial charge in [0.25, 0.3) is 0 Å². The fraction of sp³-hybridized carbons (Fsp3) is 0. The Balaban J connectivity index is 0.884. The molecule has 4 nitrogen and oxygen atoms in total. The van der Waals surface area contributed by atoms with Crippen molar-refractivity contribution in [1.29, 1.82) is 0 Å². The maximum absolute atomic E-state index is 2.46. The van der Waals surface area contributed by atoms with Gasteiger partial charge in [0.1, 0.15) is 0 Å². The van der Waals surface area contributed by atoms with Gasteiger partial charge in [-0.25, -0.2) is 0 Å². The van der Waals surface area contributed by atoms with Gasteiger partial charge in [0.2, 0.25) is 0 Å². The van der Waals surface area contributed by atoms with Gasteiger partial charge >= 0.3 is 0 Å². The number of benzene rings is 14. The standard InChI is InChI=1S/C72H46N4/c1-3-23-55(24-4-1)75-65-29-13-19-49-33-37-61-63(39-41-67(75)71(61)69(49)65)73(59-35-31-47-15-7-9-17-51(47)43-59)57-27-11-21-53(45-57)54-22-12-28-58(46-54)74(60-36-32-48-16-8-10-18-52(48)44-60)64-40-42-68-72-62(64)38-34-50-20-14-30-66(70(50)72)76(68)56-25-5-2-6-26-56/h1-46H. The number of hydrogen-bond donors (Lipinski definition) is 0. The van der Waals surface area contributed by atoms with Crippen LogP contribution in [0.25, 0.3) is 109 Å². The van der Waals surface area contributed by atoms with Gasteiger partial charge in [-0.15, -0.1) is 0 Å². The van der Waals surface area contributed by atoms with Crippen LogP contribution < -0.4 is 9.80 Å². The van der Waals surface area contributed by atoms with Gasteiger partial charge in [-0.1, -0.05) is 170 Å². The number of fused-ring (bicyclic) bond motifs is 2. The summed E-state index contributed by atoms with van der Waals surface area (Å²) in [7, 11) is 0. The average molecular weight is 967 g/mol. The Morgan fingerprint density at radius 3 is 1.05 bits per heavy atom. The second kappa shape index (κ2) is 16.7. The van der Waals surface area contributed by atoms with Crippen molar-refractivity contribution in [1.82, 2.24) is 9.13 Å². The molecule has 0 aliphatic heterocycles. The van der Waals surface area contributed by atoms with Crippen molar-refractivity contribution >= 4 is 121 Å². The molecule has 354 valence electrons. The van der Waals surface area contributed by atoms with E-state index < -0.39 is 0 Å². The first-order chi connectivity index (χ1) is 37.7. The SMILES string of the molecule is c1ccc(-n2c3cccc4ccc5c(N(c6cccc(-c7cccc(N(c8ccc9ccccc9c8)c8ccc9c%10c8ccc8cccc(c8%10)n9-c8ccccc8)c7)c6)c6ccc7ccccc7c6)ccc2c5c43)cc1. The molecule has 0 radical (unpaired) electrons. The zero-order valence-corrected chi connectivity index (χ0v) is 41.3. The zero-order chi connectivity index (χ0) is 49.8. The van der Waals surface area contributed by atoms with Crippen LogP contribution in [0.2, 0.25) is 0 Å². The molecule has 4 heteroatoms. The number of rotatable bonds is 9. The maximum atomic E-state index is 2.46. The third kappa shape index (κ3) is 6.44. The molecule has 14 aromatic carbocycles. The average Bonchev–Trinajstić information content (AvgIpc) is 4.15. The van der Waals surface area contributed by atoms with Crippen LogP contribution in [0.3, 0.4) is 0 Å². The summed E-state index contributed by atoms with van der Waals surface area (Å²) in [5, 5.41) is 14.8. The monoisotopic (exact) mass is 966 g/mol. The van der Waals surface area contributed by atoms with Gasteiger partial charge in [-0.2, -0.15) is 0 Å². The van der Waals surface area contributed by atoms with E-state index in [1.54, 1.807) is 0 Å². The molecular weight excluding hydrogens is 921 g/mol. The molecule has 0 bridgehead atoms. The Kier molecular flexibility index (Phi) is 9.30. The van der Waals surface area contributed by atoms with Crippen molar-refractivity contribution in [2.75, 3.05) is 9.80 Å². The molecule has 0 fully saturated rings. The zero-order valence-electron chi connectivity index (χ0n) is 41.3. The first kappa shape index (κ1) is 42.4. The number of nitrogens with zero attached hydrogens (tertiary/aromatic N) is 4. The highest BCUT2D eigenvalue weighted by molar-refractivity contribution is 6.28. The Morgan fingerprint density at radius 2 is 0.592 bits per heavy atom. The van der Waals surface area contributed by atoms with E-state index in [9.17, 15) is 0 Å². The fourth-order valence-electron chi connectivity index (χ4n) is 12.6. The first-order valence-electron chi connectivity index (χ1n) is 26.2. The van der Waals surface area contributed by atoms with E-state index in [-0.39, 0.29) is 0 Å². The minimum atomic E-state index is 1.08. The molecule has 2 aromatic heterocycles. The maximum Gasteiger partial charge on any atom is 0.0548 e. The van der Waals surface area contributed by atoms with Gasteiger partial charge in [-0.3, -0.25) is 0 Å². The van der Waals surface area contributed by atoms with Crippen molar-refractivity contribution < 1.29 is 0 Å². The Morgan fingerprint density at radius 1 is 0.224 bits per heavy atom. The molecule has 0 amide bonds. The van der Waals surface area contributed by atoms with Crippen LogP contribution in [-0.2, 0) is 0 Å². The van der Waals surface area contributed by atoms with Crippen LogP contribution in [-0.4, -0.2) is 9.13 Å². The highest BCUT2D eigenvalue weighted by Crippen LogP contribution is 2.49. The summed E-state index contributed by atoms with van der Waals surface area (Å²) >= 11 is 0. The van der Waals surface area contributed by atoms with Crippen molar-refractivity contribution in [2.45, 2.75) is 0 Å².